The summed E-state index contributed by atoms with van der Waals surface area (Å²) >= 11 is 1.60. The molecule has 2 atom stereocenters. The lowest BCUT2D eigenvalue weighted by Gasteiger charge is -2.19. The molecule has 0 radical (unpaired) electrons. The van der Waals surface area contributed by atoms with E-state index in [1.165, 1.54) is 4.88 Å². The molecule has 2 aromatic heterocycles. The van der Waals surface area contributed by atoms with Crippen molar-refractivity contribution < 1.29 is 5.11 Å². The van der Waals surface area contributed by atoms with Crippen molar-refractivity contribution in [3.05, 3.63) is 52.0 Å². The number of hydrogen-bond donors (Lipinski definition) is 2. The highest BCUT2D eigenvalue weighted by molar-refractivity contribution is 7.12. The highest BCUT2D eigenvalue weighted by Gasteiger charge is 2.23. The van der Waals surface area contributed by atoms with E-state index in [0.717, 1.165) is 10.6 Å². The van der Waals surface area contributed by atoms with Crippen molar-refractivity contribution in [1.82, 2.24) is 4.98 Å². The number of nitrogens with zero attached hydrogens (tertiary/aromatic N) is 1. The molecule has 0 amide bonds. The van der Waals surface area contributed by atoms with Crippen LogP contribution in [0.4, 0.5) is 0 Å². The first-order valence-electron chi connectivity index (χ1n) is 5.57. The average Bonchev–Trinajstić information content (AvgIpc) is 2.78. The third kappa shape index (κ3) is 2.72. The Kier molecular flexibility index (Phi) is 3.89. The van der Waals surface area contributed by atoms with Gasteiger partial charge in [-0.3, -0.25) is 4.98 Å². The van der Waals surface area contributed by atoms with Gasteiger partial charge in [-0.25, -0.2) is 0 Å². The minimum atomic E-state index is -0.575. The van der Waals surface area contributed by atoms with Crippen LogP contribution in [0.3, 0.4) is 0 Å². The topological polar surface area (TPSA) is 59.1 Å². The zero-order valence-corrected chi connectivity index (χ0v) is 10.5. The summed E-state index contributed by atoms with van der Waals surface area (Å²) in [5, 5.41) is 10.3. The highest BCUT2D eigenvalue weighted by Crippen LogP contribution is 2.32. The van der Waals surface area contributed by atoms with Gasteiger partial charge in [0, 0.05) is 34.1 Å². The van der Waals surface area contributed by atoms with Gasteiger partial charge in [-0.05, 0) is 31.2 Å². The molecule has 4 heteroatoms. The van der Waals surface area contributed by atoms with Crippen LogP contribution in [0, 0.1) is 6.92 Å². The quantitative estimate of drug-likeness (QED) is 0.872. The van der Waals surface area contributed by atoms with Gasteiger partial charge in [-0.1, -0.05) is 6.07 Å². The first-order chi connectivity index (χ1) is 8.22. The number of thiophene rings is 1. The van der Waals surface area contributed by atoms with E-state index >= 15 is 0 Å². The van der Waals surface area contributed by atoms with Crippen LogP contribution in [0.5, 0.6) is 0 Å². The number of pyridine rings is 1. The molecular weight excluding hydrogens is 232 g/mol. The SMILES string of the molecule is Cc1ccc(C(O)C(CN)c2ccccn2)s1. The molecule has 0 bridgehead atoms. The van der Waals surface area contributed by atoms with Gasteiger partial charge < -0.3 is 10.8 Å². The van der Waals surface area contributed by atoms with Gasteiger partial charge in [0.05, 0.1) is 6.10 Å². The molecule has 0 aliphatic heterocycles. The zero-order valence-electron chi connectivity index (χ0n) is 9.71. The second-order valence-electron chi connectivity index (χ2n) is 3.99. The number of aliphatic hydroxyl groups is 1. The van der Waals surface area contributed by atoms with Crippen molar-refractivity contribution in [3.63, 3.8) is 0 Å². The van der Waals surface area contributed by atoms with Crippen molar-refractivity contribution in [1.29, 1.82) is 0 Å². The van der Waals surface area contributed by atoms with Crippen LogP contribution >= 0.6 is 11.3 Å². The number of aryl methyl sites for hydroxylation is 1. The second-order valence-corrected chi connectivity index (χ2v) is 5.31. The van der Waals surface area contributed by atoms with Gasteiger partial charge >= 0.3 is 0 Å². The molecule has 0 aromatic carbocycles. The molecule has 2 heterocycles. The number of hydrogen-bond acceptors (Lipinski definition) is 4. The molecule has 0 saturated heterocycles. The van der Waals surface area contributed by atoms with E-state index in [0.29, 0.717) is 6.54 Å². The van der Waals surface area contributed by atoms with E-state index in [4.69, 9.17) is 5.73 Å². The van der Waals surface area contributed by atoms with E-state index in [9.17, 15) is 5.11 Å². The number of nitrogens with two attached hydrogens (primary N) is 1. The Hall–Kier alpha value is -1.23. The summed E-state index contributed by atoms with van der Waals surface area (Å²) < 4.78 is 0. The minimum Gasteiger partial charge on any atom is -0.387 e. The summed E-state index contributed by atoms with van der Waals surface area (Å²) in [6.07, 6.45) is 1.15. The normalized spacial score (nSPS) is 14.5. The van der Waals surface area contributed by atoms with E-state index in [1.54, 1.807) is 17.5 Å². The van der Waals surface area contributed by atoms with Crippen LogP contribution in [0.2, 0.25) is 0 Å². The Morgan fingerprint density at radius 3 is 2.71 bits per heavy atom. The average molecular weight is 248 g/mol. The summed E-state index contributed by atoms with van der Waals surface area (Å²) in [5.41, 5.74) is 6.60. The zero-order chi connectivity index (χ0) is 12.3. The molecule has 0 spiro atoms. The van der Waals surface area contributed by atoms with Crippen molar-refractivity contribution >= 4 is 11.3 Å². The number of rotatable bonds is 4. The van der Waals surface area contributed by atoms with Gasteiger partial charge in [0.15, 0.2) is 0 Å². The molecule has 0 saturated carbocycles. The third-order valence-electron chi connectivity index (χ3n) is 2.76. The number of aliphatic hydroxyl groups excluding tert-OH is 1. The molecule has 2 aromatic rings. The Labute approximate surface area is 105 Å². The predicted octanol–water partition coefficient (Wildman–Crippen LogP) is 2.23. The molecule has 0 fully saturated rings. The largest absolute Gasteiger partial charge is 0.387 e. The number of aromatic nitrogens is 1. The Balaban J connectivity index is 2.25. The summed E-state index contributed by atoms with van der Waals surface area (Å²) in [4.78, 5) is 6.41. The maximum absolute atomic E-state index is 10.3. The Morgan fingerprint density at radius 2 is 2.18 bits per heavy atom. The first kappa shape index (κ1) is 12.2. The summed E-state index contributed by atoms with van der Waals surface area (Å²) in [5.74, 6) is -0.144. The van der Waals surface area contributed by atoms with Crippen molar-refractivity contribution in [2.45, 2.75) is 18.9 Å². The van der Waals surface area contributed by atoms with Crippen LogP contribution in [-0.2, 0) is 0 Å². The summed E-state index contributed by atoms with van der Waals surface area (Å²) in [7, 11) is 0. The van der Waals surface area contributed by atoms with E-state index in [2.05, 4.69) is 4.98 Å². The maximum atomic E-state index is 10.3. The summed E-state index contributed by atoms with van der Waals surface area (Å²) in [6.45, 7) is 2.41. The van der Waals surface area contributed by atoms with Gasteiger partial charge in [0.25, 0.3) is 0 Å². The summed E-state index contributed by atoms with van der Waals surface area (Å²) in [6, 6.07) is 9.64. The van der Waals surface area contributed by atoms with Crippen LogP contribution in [-0.4, -0.2) is 16.6 Å². The fourth-order valence-corrected chi connectivity index (χ4v) is 2.75. The monoisotopic (exact) mass is 248 g/mol. The first-order valence-corrected chi connectivity index (χ1v) is 6.39. The molecule has 2 rings (SSSR count). The second kappa shape index (κ2) is 5.40. The van der Waals surface area contributed by atoms with Crippen LogP contribution in [0.25, 0.3) is 0 Å². The van der Waals surface area contributed by atoms with Crippen molar-refractivity contribution in [3.8, 4) is 0 Å². The predicted molar refractivity (Wildman–Crippen MR) is 70.0 cm³/mol. The highest BCUT2D eigenvalue weighted by atomic mass is 32.1. The molecule has 0 aliphatic carbocycles. The van der Waals surface area contributed by atoms with E-state index in [-0.39, 0.29) is 5.92 Å². The fraction of sp³-hybridized carbons (Fsp3) is 0.308. The van der Waals surface area contributed by atoms with Gasteiger partial charge in [0.2, 0.25) is 0 Å². The molecule has 3 nitrogen and oxygen atoms in total. The Bertz CT molecular complexity index is 469. The smallest absolute Gasteiger partial charge is 0.0977 e. The molecule has 0 aliphatic rings. The minimum absolute atomic E-state index is 0.144. The van der Waals surface area contributed by atoms with Crippen molar-refractivity contribution in [2.24, 2.45) is 5.73 Å². The molecule has 90 valence electrons. The molecule has 2 unspecified atom stereocenters. The standard InChI is InChI=1S/C13H16N2OS/c1-9-5-6-12(17-9)13(16)10(8-14)11-4-2-3-7-15-11/h2-7,10,13,16H,8,14H2,1H3. The maximum Gasteiger partial charge on any atom is 0.0977 e. The molecule has 17 heavy (non-hydrogen) atoms. The molecule has 3 N–H and O–H groups in total. The fourth-order valence-electron chi connectivity index (χ4n) is 1.82. The van der Waals surface area contributed by atoms with Gasteiger partial charge in [-0.2, -0.15) is 0 Å². The van der Waals surface area contributed by atoms with Crippen LogP contribution in [0.15, 0.2) is 36.5 Å². The van der Waals surface area contributed by atoms with Crippen molar-refractivity contribution in [2.75, 3.05) is 6.54 Å². The lowest BCUT2D eigenvalue weighted by atomic mass is 9.97. The van der Waals surface area contributed by atoms with Gasteiger partial charge in [-0.15, -0.1) is 11.3 Å². The Morgan fingerprint density at radius 1 is 1.35 bits per heavy atom. The lowest BCUT2D eigenvalue weighted by Crippen LogP contribution is -2.20. The van der Waals surface area contributed by atoms with Gasteiger partial charge in [0.1, 0.15) is 0 Å². The van der Waals surface area contributed by atoms with Crippen LogP contribution in [0.1, 0.15) is 27.5 Å². The molecular formula is C13H16N2OS. The lowest BCUT2D eigenvalue weighted by molar-refractivity contribution is 0.149. The van der Waals surface area contributed by atoms with E-state index in [1.807, 2.05) is 37.3 Å². The third-order valence-corrected chi connectivity index (χ3v) is 3.83. The van der Waals surface area contributed by atoms with E-state index < -0.39 is 6.10 Å². The van der Waals surface area contributed by atoms with Crippen LogP contribution < -0.4 is 5.73 Å².